The molecule has 0 unspecified atom stereocenters. The highest BCUT2D eigenvalue weighted by Crippen LogP contribution is 2.30. The Morgan fingerprint density at radius 2 is 1.88 bits per heavy atom. The number of hydrogen-bond acceptors (Lipinski definition) is 6. The van der Waals surface area contributed by atoms with Gasteiger partial charge in [-0.15, -0.1) is 10.2 Å². The summed E-state index contributed by atoms with van der Waals surface area (Å²) in [5, 5.41) is 34.4. The standard InChI is InChI=1S/C24H26N6O3/c1-4-7-19-25-21(24(2,3)33)20(23(31)32)30(19)14-15-10-12-16(13-11-15)17-8-5-6-9-18(17)22-26-28-29-27-22/h5-6,8-13,33H,4,7,14H2,1-3H3,(H,31,32)(H,26,27,28,29)/i10D,11D,12D,13D. The maximum absolute atomic E-state index is 12.2. The second-order valence-corrected chi connectivity index (χ2v) is 8.06. The Morgan fingerprint density at radius 1 is 1.18 bits per heavy atom. The van der Waals surface area contributed by atoms with E-state index in [4.69, 9.17) is 5.48 Å². The number of rotatable bonds is 8. The summed E-state index contributed by atoms with van der Waals surface area (Å²) in [4.78, 5) is 16.6. The summed E-state index contributed by atoms with van der Waals surface area (Å²) in [6.45, 7) is 4.51. The first-order chi connectivity index (χ1) is 17.5. The topological polar surface area (TPSA) is 130 Å². The Labute approximate surface area is 196 Å². The third-order valence-corrected chi connectivity index (χ3v) is 5.08. The fourth-order valence-corrected chi connectivity index (χ4v) is 3.61. The van der Waals surface area contributed by atoms with E-state index >= 15 is 0 Å². The summed E-state index contributed by atoms with van der Waals surface area (Å²) in [6.07, 6.45) is 1.04. The fourth-order valence-electron chi connectivity index (χ4n) is 3.61. The van der Waals surface area contributed by atoms with Crippen molar-refractivity contribution in [2.75, 3.05) is 0 Å². The van der Waals surface area contributed by atoms with E-state index < -0.39 is 11.6 Å². The molecule has 0 amide bonds. The molecule has 2 aromatic carbocycles. The number of benzene rings is 2. The van der Waals surface area contributed by atoms with Crippen LogP contribution in [-0.4, -0.2) is 46.4 Å². The first-order valence-electron chi connectivity index (χ1n) is 12.4. The number of nitrogens with one attached hydrogen (secondary N) is 1. The summed E-state index contributed by atoms with van der Waals surface area (Å²) in [6, 6.07) is 5.60. The maximum atomic E-state index is 12.2. The molecule has 0 saturated heterocycles. The number of carbonyl (C=O) groups is 1. The molecule has 4 rings (SSSR count). The van der Waals surface area contributed by atoms with Gasteiger partial charge in [-0.2, -0.15) is 5.21 Å². The van der Waals surface area contributed by atoms with Gasteiger partial charge >= 0.3 is 5.97 Å². The minimum Gasteiger partial charge on any atom is -0.477 e. The SMILES string of the molecule is [2H]c1c([2H])c(-c2ccccc2-c2nn[nH]n2)c([2H])c([2H])c1Cn1c(CCC)nc(C(C)(C)O)c1C(=O)O. The van der Waals surface area contributed by atoms with Gasteiger partial charge in [-0.05, 0) is 42.2 Å². The number of aryl methyl sites for hydroxylation is 1. The van der Waals surface area contributed by atoms with E-state index in [0.29, 0.717) is 29.8 Å². The number of carboxylic acid groups (broad SMARTS) is 1. The first kappa shape index (κ1) is 17.7. The van der Waals surface area contributed by atoms with Crippen LogP contribution in [0.5, 0.6) is 0 Å². The van der Waals surface area contributed by atoms with Gasteiger partial charge in [0.15, 0.2) is 5.69 Å². The van der Waals surface area contributed by atoms with Gasteiger partial charge in [0, 0.05) is 18.5 Å². The van der Waals surface area contributed by atoms with Crippen molar-refractivity contribution in [1.29, 1.82) is 0 Å². The normalized spacial score (nSPS) is 13.3. The Balaban J connectivity index is 1.92. The zero-order valence-corrected chi connectivity index (χ0v) is 18.5. The number of H-pyrrole nitrogens is 1. The minimum atomic E-state index is -1.54. The van der Waals surface area contributed by atoms with Crippen molar-refractivity contribution < 1.29 is 20.5 Å². The van der Waals surface area contributed by atoms with Gasteiger partial charge in [0.1, 0.15) is 17.1 Å². The van der Waals surface area contributed by atoms with E-state index in [-0.39, 0.29) is 59.1 Å². The molecule has 0 aliphatic heterocycles. The van der Waals surface area contributed by atoms with Crippen LogP contribution in [0.2, 0.25) is 0 Å². The van der Waals surface area contributed by atoms with Crippen molar-refractivity contribution in [2.24, 2.45) is 0 Å². The average molecular weight is 451 g/mol. The molecule has 0 saturated carbocycles. The molecule has 0 fully saturated rings. The lowest BCUT2D eigenvalue weighted by atomic mass is 9.98. The number of imidazole rings is 1. The summed E-state index contributed by atoms with van der Waals surface area (Å²) in [7, 11) is 0. The lowest BCUT2D eigenvalue weighted by molar-refractivity contribution is 0.0602. The van der Waals surface area contributed by atoms with Gasteiger partial charge in [0.25, 0.3) is 0 Å². The van der Waals surface area contributed by atoms with Gasteiger partial charge in [0.2, 0.25) is 5.82 Å². The number of aromatic carboxylic acids is 1. The van der Waals surface area contributed by atoms with Crippen molar-refractivity contribution in [1.82, 2.24) is 30.2 Å². The minimum absolute atomic E-state index is 0.00958. The van der Waals surface area contributed by atoms with Crippen LogP contribution in [0, 0.1) is 0 Å². The molecule has 0 bridgehead atoms. The molecule has 9 nitrogen and oxygen atoms in total. The van der Waals surface area contributed by atoms with E-state index in [2.05, 4.69) is 25.6 Å². The van der Waals surface area contributed by atoms with Crippen molar-refractivity contribution in [3.05, 3.63) is 71.2 Å². The second kappa shape index (κ2) is 8.95. The van der Waals surface area contributed by atoms with Gasteiger partial charge in [-0.3, -0.25) is 0 Å². The van der Waals surface area contributed by atoms with E-state index in [9.17, 15) is 15.0 Å². The molecule has 33 heavy (non-hydrogen) atoms. The molecule has 2 aromatic heterocycles. The van der Waals surface area contributed by atoms with Crippen LogP contribution in [-0.2, 0) is 18.6 Å². The molecule has 2 heterocycles. The predicted octanol–water partition coefficient (Wildman–Crippen LogP) is 3.66. The Morgan fingerprint density at radius 3 is 2.45 bits per heavy atom. The molecule has 9 heteroatoms. The van der Waals surface area contributed by atoms with Crippen LogP contribution >= 0.6 is 0 Å². The zero-order chi connectivity index (χ0) is 27.1. The molecule has 0 aliphatic carbocycles. The van der Waals surface area contributed by atoms with E-state index in [1.54, 1.807) is 24.3 Å². The van der Waals surface area contributed by atoms with Crippen LogP contribution in [0.1, 0.15) is 60.2 Å². The van der Waals surface area contributed by atoms with Crippen LogP contribution in [0.15, 0.2) is 48.4 Å². The summed E-state index contributed by atoms with van der Waals surface area (Å²) in [5.74, 6) is -0.697. The van der Waals surface area contributed by atoms with E-state index in [1.807, 2.05) is 6.92 Å². The highest BCUT2D eigenvalue weighted by atomic mass is 16.4. The molecular formula is C24H26N6O3. The van der Waals surface area contributed by atoms with Crippen LogP contribution < -0.4 is 0 Å². The summed E-state index contributed by atoms with van der Waals surface area (Å²) >= 11 is 0. The second-order valence-electron chi connectivity index (χ2n) is 8.06. The van der Waals surface area contributed by atoms with Gasteiger partial charge < -0.3 is 14.8 Å². The van der Waals surface area contributed by atoms with Crippen LogP contribution in [0.25, 0.3) is 22.5 Å². The average Bonchev–Trinajstić information content (AvgIpc) is 3.50. The van der Waals surface area contributed by atoms with Crippen molar-refractivity contribution >= 4 is 5.97 Å². The first-order valence-corrected chi connectivity index (χ1v) is 10.4. The highest BCUT2D eigenvalue weighted by molar-refractivity contribution is 5.87. The molecule has 0 atom stereocenters. The number of aliphatic hydroxyl groups is 1. The lowest BCUT2D eigenvalue weighted by Crippen LogP contribution is -2.22. The van der Waals surface area contributed by atoms with Crippen LogP contribution in [0.4, 0.5) is 0 Å². The van der Waals surface area contributed by atoms with Gasteiger partial charge in [0.05, 0.1) is 5.48 Å². The zero-order valence-electron chi connectivity index (χ0n) is 22.5. The van der Waals surface area contributed by atoms with Gasteiger partial charge in [-0.25, -0.2) is 9.78 Å². The van der Waals surface area contributed by atoms with E-state index in [1.165, 1.54) is 18.4 Å². The van der Waals surface area contributed by atoms with Crippen molar-refractivity contribution in [2.45, 2.75) is 45.8 Å². The number of carboxylic acids is 1. The van der Waals surface area contributed by atoms with Gasteiger partial charge in [-0.1, -0.05) is 55.4 Å². The molecule has 0 aliphatic rings. The molecule has 3 N–H and O–H groups in total. The van der Waals surface area contributed by atoms with Crippen molar-refractivity contribution in [3.8, 4) is 22.5 Å². The Kier molecular flexibility index (Phi) is 4.79. The largest absolute Gasteiger partial charge is 0.477 e. The smallest absolute Gasteiger partial charge is 0.354 e. The number of aromatic amines is 1. The van der Waals surface area contributed by atoms with Crippen molar-refractivity contribution in [3.63, 3.8) is 0 Å². The Hall–Kier alpha value is -3.85. The summed E-state index contributed by atoms with van der Waals surface area (Å²) in [5.41, 5.74) is -0.864. The monoisotopic (exact) mass is 450 g/mol. The predicted molar refractivity (Wildman–Crippen MR) is 123 cm³/mol. The number of nitrogens with zero attached hydrogens (tertiary/aromatic N) is 5. The van der Waals surface area contributed by atoms with Crippen LogP contribution in [0.3, 0.4) is 0 Å². The van der Waals surface area contributed by atoms with E-state index in [0.717, 1.165) is 0 Å². The number of aromatic nitrogens is 6. The maximum Gasteiger partial charge on any atom is 0.354 e. The summed E-state index contributed by atoms with van der Waals surface area (Å²) < 4.78 is 36.3. The quantitative estimate of drug-likeness (QED) is 0.373. The third kappa shape index (κ3) is 4.54. The number of tetrazole rings is 1. The third-order valence-electron chi connectivity index (χ3n) is 5.08. The fraction of sp³-hybridized carbons (Fsp3) is 0.292. The number of hydrogen-bond donors (Lipinski definition) is 3. The lowest BCUT2D eigenvalue weighted by Gasteiger charge is -2.16. The molecular weight excluding hydrogens is 420 g/mol. The molecule has 0 spiro atoms. The Bertz CT molecular complexity index is 1450. The molecule has 170 valence electrons. The molecule has 4 aromatic rings. The highest BCUT2D eigenvalue weighted by Gasteiger charge is 2.31. The molecule has 0 radical (unpaired) electrons.